The maximum Gasteiger partial charge on any atom is 0.346 e. The Labute approximate surface area is 393 Å². The first-order valence-electron chi connectivity index (χ1n) is 22.1. The van der Waals surface area contributed by atoms with Crippen molar-refractivity contribution in [3.63, 3.8) is 0 Å². The van der Waals surface area contributed by atoms with Crippen LogP contribution in [0.4, 0.5) is 8.78 Å². The summed E-state index contributed by atoms with van der Waals surface area (Å²) in [7, 11) is 0. The third kappa shape index (κ3) is 12.9. The Bertz CT molecular complexity index is 2670. The highest BCUT2D eigenvalue weighted by Gasteiger charge is 2.21. The molecular weight excluding hydrogens is 874 g/mol. The molecule has 7 aromatic rings. The Morgan fingerprint density at radius 3 is 1.09 bits per heavy atom. The number of esters is 4. The first kappa shape index (κ1) is 47.5. The van der Waals surface area contributed by atoms with Gasteiger partial charge in [-0.2, -0.15) is 0 Å². The van der Waals surface area contributed by atoms with E-state index in [2.05, 4.69) is 38.1 Å². The summed E-state index contributed by atoms with van der Waals surface area (Å²) in [5.74, 6) is -6.48. The molecule has 67 heavy (non-hydrogen) atoms. The summed E-state index contributed by atoms with van der Waals surface area (Å²) in [6.07, 6.45) is 9.08. The largest absolute Gasteiger partial charge is 0.423 e. The van der Waals surface area contributed by atoms with Gasteiger partial charge >= 0.3 is 23.9 Å². The van der Waals surface area contributed by atoms with Gasteiger partial charge in [-0.1, -0.05) is 124 Å². The van der Waals surface area contributed by atoms with Crippen LogP contribution in [0.2, 0.25) is 5.02 Å². The molecule has 0 heterocycles. The van der Waals surface area contributed by atoms with Gasteiger partial charge in [0.1, 0.15) is 34.6 Å². The lowest BCUT2D eigenvalue weighted by molar-refractivity contribution is 0.0720. The lowest BCUT2D eigenvalue weighted by Crippen LogP contribution is -2.13. The summed E-state index contributed by atoms with van der Waals surface area (Å²) in [6.45, 7) is 4.35. The molecule has 0 aliphatic carbocycles. The predicted molar refractivity (Wildman–Crippen MR) is 254 cm³/mol. The van der Waals surface area contributed by atoms with E-state index >= 15 is 8.78 Å². The third-order valence-electron chi connectivity index (χ3n) is 11.0. The summed E-state index contributed by atoms with van der Waals surface area (Å²) in [6, 6.07) is 40.3. The average molecular weight is 921 g/mol. The Balaban J connectivity index is 0.913. The van der Waals surface area contributed by atoms with Gasteiger partial charge in [0, 0.05) is 23.2 Å². The Kier molecular flexibility index (Phi) is 16.1. The SMILES string of the molecule is CCCCCc1ccc(-c2ccc(C(=O)Oc3ccc(C(=O)Oc4cc(Cl)cc(OC(=O)c5ccc(OC(=O)c6ccc(-c7ccc(CCCCC)cc7)cc6)cc5F)c4)c(F)c3)cc2)cc1. The van der Waals surface area contributed by atoms with Crippen molar-refractivity contribution in [3.8, 4) is 45.3 Å². The van der Waals surface area contributed by atoms with Crippen molar-refractivity contribution in [3.05, 3.63) is 202 Å². The van der Waals surface area contributed by atoms with Crippen molar-refractivity contribution in [1.29, 1.82) is 0 Å². The number of hydrogen-bond acceptors (Lipinski definition) is 8. The third-order valence-corrected chi connectivity index (χ3v) is 11.2. The van der Waals surface area contributed by atoms with Crippen LogP contribution in [0.1, 0.15) is 105 Å². The summed E-state index contributed by atoms with van der Waals surface area (Å²) in [5, 5.41) is -0.0222. The van der Waals surface area contributed by atoms with E-state index < -0.39 is 46.6 Å². The number of aryl methyl sites for hydroxylation is 2. The topological polar surface area (TPSA) is 105 Å². The van der Waals surface area contributed by atoms with Crippen molar-refractivity contribution in [2.45, 2.75) is 65.2 Å². The van der Waals surface area contributed by atoms with Crippen LogP contribution in [0, 0.1) is 11.6 Å². The van der Waals surface area contributed by atoms with Crippen LogP contribution in [0.25, 0.3) is 22.3 Å². The van der Waals surface area contributed by atoms with Crippen LogP contribution < -0.4 is 18.9 Å². The number of carbonyl (C=O) groups excluding carboxylic acids is 4. The molecule has 7 rings (SSSR count). The van der Waals surface area contributed by atoms with Gasteiger partial charge in [-0.15, -0.1) is 0 Å². The number of carbonyl (C=O) groups is 4. The Morgan fingerprint density at radius 1 is 0.403 bits per heavy atom. The summed E-state index contributed by atoms with van der Waals surface area (Å²) in [4.78, 5) is 51.9. The van der Waals surface area contributed by atoms with E-state index in [-0.39, 0.29) is 39.1 Å². The highest BCUT2D eigenvalue weighted by Crippen LogP contribution is 2.30. The van der Waals surface area contributed by atoms with E-state index in [4.69, 9.17) is 30.5 Å². The second kappa shape index (κ2) is 22.7. The van der Waals surface area contributed by atoms with Crippen LogP contribution in [0.3, 0.4) is 0 Å². The van der Waals surface area contributed by atoms with Gasteiger partial charge < -0.3 is 18.9 Å². The van der Waals surface area contributed by atoms with Crippen molar-refractivity contribution in [1.82, 2.24) is 0 Å². The lowest BCUT2D eigenvalue weighted by atomic mass is 10.0. The van der Waals surface area contributed by atoms with E-state index in [0.29, 0.717) is 0 Å². The molecule has 7 aromatic carbocycles. The Morgan fingerprint density at radius 2 is 0.746 bits per heavy atom. The average Bonchev–Trinajstić information content (AvgIpc) is 3.32. The standard InChI is InChI=1S/C56H47ClF2O8/c1-3-5-7-9-36-11-15-38(16-12-36)40-19-23-42(24-20-40)53(60)64-45-27-29-49(51(58)34-45)55(62)66-47-31-44(57)32-48(33-47)67-56(63)50-30-28-46(35-52(50)59)65-54(61)43-25-21-41(22-26-43)39-17-13-37(14-18-39)10-8-6-4-2/h11-35H,3-10H2,1-2H3. The normalized spacial score (nSPS) is 10.9. The van der Waals surface area contributed by atoms with Gasteiger partial charge in [-0.25, -0.2) is 28.0 Å². The molecule has 11 heteroatoms. The molecule has 0 N–H and O–H groups in total. The monoisotopic (exact) mass is 920 g/mol. The molecule has 0 saturated carbocycles. The minimum absolute atomic E-state index is 0.0222. The minimum Gasteiger partial charge on any atom is -0.423 e. The zero-order valence-corrected chi connectivity index (χ0v) is 37.7. The van der Waals surface area contributed by atoms with Crippen molar-refractivity contribution in [2.75, 3.05) is 0 Å². The van der Waals surface area contributed by atoms with Gasteiger partial charge in [0.25, 0.3) is 0 Å². The van der Waals surface area contributed by atoms with Crippen molar-refractivity contribution >= 4 is 35.5 Å². The van der Waals surface area contributed by atoms with Crippen LogP contribution >= 0.6 is 11.6 Å². The fourth-order valence-electron chi connectivity index (χ4n) is 7.24. The highest BCUT2D eigenvalue weighted by atomic mass is 35.5. The zero-order chi connectivity index (χ0) is 47.3. The second-order valence-corrected chi connectivity index (χ2v) is 16.4. The molecule has 0 aromatic heterocycles. The maximum absolute atomic E-state index is 15.2. The van der Waals surface area contributed by atoms with Crippen LogP contribution in [0.15, 0.2) is 152 Å². The number of rotatable bonds is 18. The zero-order valence-electron chi connectivity index (χ0n) is 37.0. The number of hydrogen-bond donors (Lipinski definition) is 0. The number of benzene rings is 7. The van der Waals surface area contributed by atoms with Gasteiger partial charge in [-0.3, -0.25) is 0 Å². The minimum atomic E-state index is -1.13. The fraction of sp³-hybridized carbons (Fsp3) is 0.179. The first-order valence-corrected chi connectivity index (χ1v) is 22.5. The molecule has 0 unspecified atom stereocenters. The van der Waals surface area contributed by atoms with E-state index in [1.54, 1.807) is 48.5 Å². The Hall–Kier alpha value is -7.43. The van der Waals surface area contributed by atoms with Crippen molar-refractivity contribution in [2.24, 2.45) is 0 Å². The lowest BCUT2D eigenvalue weighted by Gasteiger charge is -2.11. The molecule has 0 aliphatic heterocycles. The molecule has 8 nitrogen and oxygen atoms in total. The molecule has 0 saturated heterocycles. The number of unbranched alkanes of at least 4 members (excludes halogenated alkanes) is 4. The van der Waals surface area contributed by atoms with Gasteiger partial charge in [-0.05, 0) is 120 Å². The van der Waals surface area contributed by atoms with Gasteiger partial charge in [0.15, 0.2) is 0 Å². The van der Waals surface area contributed by atoms with E-state index in [0.717, 1.165) is 78.3 Å². The molecule has 0 fully saturated rings. The summed E-state index contributed by atoms with van der Waals surface area (Å²) >= 11 is 6.21. The fourth-order valence-corrected chi connectivity index (χ4v) is 7.46. The molecular formula is C56H47ClF2O8. The molecule has 340 valence electrons. The highest BCUT2D eigenvalue weighted by molar-refractivity contribution is 6.31. The number of ether oxygens (including phenoxy) is 4. The van der Waals surface area contributed by atoms with Gasteiger partial charge in [0.2, 0.25) is 0 Å². The molecule has 0 amide bonds. The molecule has 0 bridgehead atoms. The quantitative estimate of drug-likeness (QED) is 0.0476. The van der Waals surface area contributed by atoms with Crippen LogP contribution in [-0.2, 0) is 12.8 Å². The van der Waals surface area contributed by atoms with E-state index in [9.17, 15) is 19.2 Å². The molecule has 0 radical (unpaired) electrons. The van der Waals surface area contributed by atoms with E-state index in [1.165, 1.54) is 61.1 Å². The molecule has 0 atom stereocenters. The van der Waals surface area contributed by atoms with Crippen molar-refractivity contribution < 1.29 is 46.9 Å². The number of halogens is 3. The molecule has 0 spiro atoms. The van der Waals surface area contributed by atoms with E-state index in [1.807, 2.05) is 24.3 Å². The smallest absolute Gasteiger partial charge is 0.346 e. The summed E-state index contributed by atoms with van der Waals surface area (Å²) in [5.41, 5.74) is 5.91. The summed E-state index contributed by atoms with van der Waals surface area (Å²) < 4.78 is 51.9. The first-order chi connectivity index (χ1) is 32.5. The van der Waals surface area contributed by atoms with Gasteiger partial charge in [0.05, 0.1) is 22.3 Å². The molecule has 0 aliphatic rings. The van der Waals surface area contributed by atoms with Crippen LogP contribution in [0.5, 0.6) is 23.0 Å². The second-order valence-electron chi connectivity index (χ2n) is 15.9. The maximum atomic E-state index is 15.2. The van der Waals surface area contributed by atoms with Crippen LogP contribution in [-0.4, -0.2) is 23.9 Å². The predicted octanol–water partition coefficient (Wildman–Crippen LogP) is 14.3.